The van der Waals surface area contributed by atoms with Crippen LogP contribution in [0, 0.1) is 0 Å². The predicted octanol–water partition coefficient (Wildman–Crippen LogP) is -6.16. The second kappa shape index (κ2) is 10.9. The number of hydrogen-bond donors (Lipinski definition) is 10. The molecular formula is C11H16N8Na2O8. The molecule has 2 aliphatic rings. The molecule has 0 aromatic heterocycles. The Morgan fingerprint density at radius 3 is 1.34 bits per heavy atom. The van der Waals surface area contributed by atoms with Crippen molar-refractivity contribution in [3.05, 3.63) is 0 Å². The van der Waals surface area contributed by atoms with E-state index in [4.69, 9.17) is 0 Å². The van der Waals surface area contributed by atoms with Crippen LogP contribution in [0.25, 0.3) is 0 Å². The van der Waals surface area contributed by atoms with Gasteiger partial charge >= 0.3 is 24.1 Å². The Labute approximate surface area is 206 Å². The van der Waals surface area contributed by atoms with Gasteiger partial charge in [-0.1, -0.05) is 0 Å². The maximum Gasteiger partial charge on any atom is 0.323 e. The van der Waals surface area contributed by atoms with E-state index in [1.807, 2.05) is 31.9 Å². The van der Waals surface area contributed by atoms with Crippen molar-refractivity contribution < 1.29 is 39.0 Å². The van der Waals surface area contributed by atoms with Crippen LogP contribution < -0.4 is 42.5 Å². The van der Waals surface area contributed by atoms with Crippen molar-refractivity contribution in [2.45, 2.75) is 11.3 Å². The molecule has 2 fully saturated rings. The quantitative estimate of drug-likeness (QED) is 0.109. The fourth-order valence-electron chi connectivity index (χ4n) is 2.14. The van der Waals surface area contributed by atoms with Crippen molar-refractivity contribution >= 4 is 95.1 Å². The van der Waals surface area contributed by atoms with Crippen LogP contribution in [0.4, 0.5) is 19.2 Å². The molecule has 0 saturated carbocycles. The second-order valence-corrected chi connectivity index (χ2v) is 5.38. The minimum Gasteiger partial charge on any atom is -0.391 e. The molecule has 2 unspecified atom stereocenters. The van der Waals surface area contributed by atoms with Gasteiger partial charge in [-0.2, -0.15) is 0 Å². The van der Waals surface area contributed by atoms with Crippen molar-refractivity contribution in [3.63, 3.8) is 0 Å². The summed E-state index contributed by atoms with van der Waals surface area (Å²) in [5.74, 6) is -1.97. The number of urea groups is 4. The first-order chi connectivity index (χ1) is 12.7. The third-order valence-corrected chi connectivity index (χ3v) is 3.51. The molecule has 2 radical (unpaired) electrons. The number of aliphatic hydroxyl groups is 2. The Balaban J connectivity index is 0.00000392. The molecule has 2 rings (SSSR count). The summed E-state index contributed by atoms with van der Waals surface area (Å²) < 4.78 is 0. The van der Waals surface area contributed by atoms with Crippen LogP contribution in [-0.4, -0.2) is 136 Å². The molecule has 0 aromatic carbocycles. The standard InChI is InChI=1S/C11H16N8O8.2Na/c20-1-10(4(22)14-8(26)18-10)16-6(24)12-3-13-7(25)17-11(2-21)5(23)15-9(27)19-11;;/h20-21H,1-3H2,(H2,12,16,24)(H2,13,17,25)(H2,14,18,22,26)(H2,15,19,23,27);;. The molecule has 0 aliphatic carbocycles. The number of imide groups is 2. The first-order valence-corrected chi connectivity index (χ1v) is 7.27. The fraction of sp³-hybridized carbons (Fsp3) is 0.455. The summed E-state index contributed by atoms with van der Waals surface area (Å²) in [6, 6.07) is -3.91. The summed E-state index contributed by atoms with van der Waals surface area (Å²) >= 11 is 0. The maximum atomic E-state index is 11.8. The van der Waals surface area contributed by atoms with Crippen molar-refractivity contribution in [1.82, 2.24) is 42.5 Å². The van der Waals surface area contributed by atoms with Crippen LogP contribution in [-0.2, 0) is 9.59 Å². The number of rotatable bonds is 6. The van der Waals surface area contributed by atoms with E-state index in [0.717, 1.165) is 0 Å². The zero-order valence-electron chi connectivity index (χ0n) is 15.5. The minimum absolute atomic E-state index is 0. The van der Waals surface area contributed by atoms with E-state index in [1.54, 1.807) is 0 Å². The fourth-order valence-corrected chi connectivity index (χ4v) is 2.14. The van der Waals surface area contributed by atoms with Gasteiger partial charge in [0, 0.05) is 59.1 Å². The van der Waals surface area contributed by atoms with Crippen molar-refractivity contribution in [1.29, 1.82) is 0 Å². The van der Waals surface area contributed by atoms with Gasteiger partial charge in [0.25, 0.3) is 11.8 Å². The number of nitrogens with one attached hydrogen (secondary N) is 8. The van der Waals surface area contributed by atoms with Crippen molar-refractivity contribution in [2.75, 3.05) is 19.9 Å². The minimum atomic E-state index is -2.06. The van der Waals surface area contributed by atoms with Crippen molar-refractivity contribution in [2.24, 2.45) is 0 Å². The van der Waals surface area contributed by atoms with Gasteiger partial charge in [0.1, 0.15) is 0 Å². The summed E-state index contributed by atoms with van der Waals surface area (Å²) in [7, 11) is 0. The summed E-state index contributed by atoms with van der Waals surface area (Å²) in [6.07, 6.45) is 0. The van der Waals surface area contributed by atoms with Crippen LogP contribution in [0.2, 0.25) is 0 Å². The largest absolute Gasteiger partial charge is 0.391 e. The van der Waals surface area contributed by atoms with Gasteiger partial charge < -0.3 is 42.1 Å². The van der Waals surface area contributed by atoms with Gasteiger partial charge in [-0.15, -0.1) is 0 Å². The topological polar surface area (TPSA) is 239 Å². The van der Waals surface area contributed by atoms with Gasteiger partial charge in [0.05, 0.1) is 19.9 Å². The average Bonchev–Trinajstić information content (AvgIpc) is 3.03. The van der Waals surface area contributed by atoms with E-state index >= 15 is 0 Å². The van der Waals surface area contributed by atoms with E-state index < -0.39 is 67.1 Å². The van der Waals surface area contributed by atoms with Crippen LogP contribution >= 0.6 is 0 Å². The Hall–Kier alpha value is -1.66. The maximum absolute atomic E-state index is 11.8. The van der Waals surface area contributed by atoms with Gasteiger partial charge in [-0.3, -0.25) is 20.2 Å². The number of carbonyl (C=O) groups excluding carboxylic acids is 6. The number of hydrogen-bond acceptors (Lipinski definition) is 8. The van der Waals surface area contributed by atoms with Gasteiger partial charge in [-0.05, 0) is 0 Å². The van der Waals surface area contributed by atoms with Gasteiger partial charge in [-0.25, -0.2) is 19.2 Å². The molecule has 0 aromatic rings. The monoisotopic (exact) mass is 434 g/mol. The first kappa shape index (κ1) is 27.3. The van der Waals surface area contributed by atoms with Gasteiger partial charge in [0.2, 0.25) is 11.3 Å². The smallest absolute Gasteiger partial charge is 0.323 e. The third kappa shape index (κ3) is 6.16. The predicted molar refractivity (Wildman–Crippen MR) is 92.7 cm³/mol. The average molecular weight is 434 g/mol. The van der Waals surface area contributed by atoms with E-state index in [-0.39, 0.29) is 59.1 Å². The molecule has 2 saturated heterocycles. The third-order valence-electron chi connectivity index (χ3n) is 3.51. The van der Waals surface area contributed by atoms with E-state index in [9.17, 15) is 39.0 Å². The molecule has 0 bridgehead atoms. The second-order valence-electron chi connectivity index (χ2n) is 5.38. The Morgan fingerprint density at radius 1 is 0.759 bits per heavy atom. The molecule has 10 amide bonds. The summed E-state index contributed by atoms with van der Waals surface area (Å²) in [4.78, 5) is 68.9. The number of amides is 10. The molecule has 0 spiro atoms. The zero-order chi connectivity index (χ0) is 20.2. The van der Waals surface area contributed by atoms with Gasteiger partial charge in [0.15, 0.2) is 0 Å². The molecular weight excluding hydrogens is 418 g/mol. The molecule has 150 valence electrons. The van der Waals surface area contributed by atoms with Crippen LogP contribution in [0.3, 0.4) is 0 Å². The van der Waals surface area contributed by atoms with E-state index in [2.05, 4.69) is 10.6 Å². The van der Waals surface area contributed by atoms with E-state index in [0.29, 0.717) is 0 Å². The van der Waals surface area contributed by atoms with Crippen molar-refractivity contribution in [3.8, 4) is 0 Å². The first-order valence-electron chi connectivity index (χ1n) is 7.27. The molecule has 16 nitrogen and oxygen atoms in total. The Kier molecular flexibility index (Phi) is 10.3. The normalized spacial score (nSPS) is 24.6. The molecule has 2 aliphatic heterocycles. The SMILES string of the molecule is O=C(NCNC(=O)NC1(CO)NC(=O)NC1=O)NC1(CO)NC(=O)NC1=O.[Na].[Na]. The number of carbonyl (C=O) groups is 6. The molecule has 29 heavy (non-hydrogen) atoms. The summed E-state index contributed by atoms with van der Waals surface area (Å²) in [5.41, 5.74) is -4.12. The van der Waals surface area contributed by atoms with Crippen LogP contribution in [0.1, 0.15) is 0 Å². The molecule has 2 heterocycles. The molecule has 2 atom stereocenters. The molecule has 10 N–H and O–H groups in total. The number of aliphatic hydroxyl groups excluding tert-OH is 2. The summed E-state index contributed by atoms with van der Waals surface area (Å²) in [5, 5.41) is 34.4. The molecule has 18 heteroatoms. The van der Waals surface area contributed by atoms with Crippen LogP contribution in [0.5, 0.6) is 0 Å². The zero-order valence-corrected chi connectivity index (χ0v) is 19.5. The summed E-state index contributed by atoms with van der Waals surface area (Å²) in [6.45, 7) is -2.38. The van der Waals surface area contributed by atoms with Crippen LogP contribution in [0.15, 0.2) is 0 Å². The van der Waals surface area contributed by atoms with E-state index in [1.165, 1.54) is 0 Å². The Bertz CT molecular complexity index is 665. The Morgan fingerprint density at radius 2 is 1.10 bits per heavy atom.